The Balaban J connectivity index is 1.97. The van der Waals surface area contributed by atoms with Gasteiger partial charge in [-0.3, -0.25) is 9.69 Å². The number of nitrogens with one attached hydrogen (secondary N) is 1. The molecule has 4 N–H and O–H groups in total. The minimum absolute atomic E-state index is 0.0752. The number of primary amides is 1. The van der Waals surface area contributed by atoms with Crippen molar-refractivity contribution in [3.63, 3.8) is 0 Å². The number of amides is 1. The van der Waals surface area contributed by atoms with Gasteiger partial charge < -0.3 is 16.2 Å². The van der Waals surface area contributed by atoms with Crippen LogP contribution >= 0.6 is 0 Å². The summed E-state index contributed by atoms with van der Waals surface area (Å²) >= 11 is 0. The number of hydrogen-bond donors (Lipinski definition) is 3. The molecule has 0 bridgehead atoms. The van der Waals surface area contributed by atoms with Crippen molar-refractivity contribution in [2.24, 2.45) is 5.73 Å². The zero-order chi connectivity index (χ0) is 9.42. The van der Waals surface area contributed by atoms with Crippen LogP contribution in [0.25, 0.3) is 0 Å². The van der Waals surface area contributed by atoms with Gasteiger partial charge in [0.25, 0.3) is 0 Å². The molecule has 2 fully saturated rings. The summed E-state index contributed by atoms with van der Waals surface area (Å²) in [6, 6.07) is -0.0780. The maximum Gasteiger partial charge on any atom is 0.234 e. The molecule has 0 aromatic heterocycles. The average molecular weight is 185 g/mol. The van der Waals surface area contributed by atoms with Crippen LogP contribution in [0.3, 0.4) is 0 Å². The van der Waals surface area contributed by atoms with Crippen molar-refractivity contribution in [1.82, 2.24) is 10.2 Å². The number of carbonyl (C=O) groups is 1. The zero-order valence-corrected chi connectivity index (χ0v) is 7.44. The van der Waals surface area contributed by atoms with Crippen LogP contribution in [0.5, 0.6) is 0 Å². The SMILES string of the molecule is NC(=O)C1CCN1[C@@H]1CNC[C@H]1O. The largest absolute Gasteiger partial charge is 0.390 e. The van der Waals surface area contributed by atoms with Gasteiger partial charge in [0.05, 0.1) is 18.2 Å². The van der Waals surface area contributed by atoms with Gasteiger partial charge in [-0.1, -0.05) is 0 Å². The predicted octanol–water partition coefficient (Wildman–Crippen LogP) is -2.12. The fourth-order valence-corrected chi connectivity index (χ4v) is 2.10. The number of nitrogens with two attached hydrogens (primary N) is 1. The van der Waals surface area contributed by atoms with Gasteiger partial charge in [-0.25, -0.2) is 0 Å². The summed E-state index contributed by atoms with van der Waals surface area (Å²) in [5.74, 6) is -0.273. The van der Waals surface area contributed by atoms with E-state index in [2.05, 4.69) is 5.32 Å². The second-order valence-electron chi connectivity index (χ2n) is 3.74. The third-order valence-electron chi connectivity index (χ3n) is 2.97. The lowest BCUT2D eigenvalue weighted by Crippen LogP contribution is -2.61. The predicted molar refractivity (Wildman–Crippen MR) is 47.0 cm³/mol. The quantitative estimate of drug-likeness (QED) is 0.459. The van der Waals surface area contributed by atoms with Crippen molar-refractivity contribution in [2.75, 3.05) is 19.6 Å². The molecule has 5 nitrogen and oxygen atoms in total. The molecule has 0 aromatic carbocycles. The van der Waals surface area contributed by atoms with Gasteiger partial charge >= 0.3 is 0 Å². The highest BCUT2D eigenvalue weighted by atomic mass is 16.3. The molecular formula is C8H15N3O2. The maximum atomic E-state index is 10.9. The van der Waals surface area contributed by atoms with Crippen LogP contribution in [0, 0.1) is 0 Å². The zero-order valence-electron chi connectivity index (χ0n) is 7.44. The van der Waals surface area contributed by atoms with Gasteiger partial charge in [0.1, 0.15) is 0 Å². The number of β-amino-alcohol motifs (C(OH)–C–C–N with tert-alkyl or cyclic N) is 1. The molecule has 3 atom stereocenters. The molecular weight excluding hydrogens is 170 g/mol. The Kier molecular flexibility index (Phi) is 2.23. The molecule has 2 rings (SSSR count). The summed E-state index contributed by atoms with van der Waals surface area (Å²) < 4.78 is 0. The first-order valence-electron chi connectivity index (χ1n) is 4.64. The fraction of sp³-hybridized carbons (Fsp3) is 0.875. The molecule has 1 amide bonds. The maximum absolute atomic E-state index is 10.9. The van der Waals surface area contributed by atoms with Crippen molar-refractivity contribution in [3.05, 3.63) is 0 Å². The third-order valence-corrected chi connectivity index (χ3v) is 2.97. The summed E-state index contributed by atoms with van der Waals surface area (Å²) in [5.41, 5.74) is 5.22. The summed E-state index contributed by atoms with van der Waals surface area (Å²) in [6.45, 7) is 2.24. The number of aliphatic hydroxyl groups excluding tert-OH is 1. The number of hydrogen-bond acceptors (Lipinski definition) is 4. The van der Waals surface area contributed by atoms with E-state index in [0.717, 1.165) is 19.5 Å². The lowest BCUT2D eigenvalue weighted by atomic mass is 9.98. The summed E-state index contributed by atoms with van der Waals surface area (Å²) in [6.07, 6.45) is 0.473. The Bertz CT molecular complexity index is 221. The second-order valence-corrected chi connectivity index (χ2v) is 3.74. The number of carbonyl (C=O) groups excluding carboxylic acids is 1. The van der Waals surface area contributed by atoms with Crippen molar-refractivity contribution < 1.29 is 9.90 Å². The minimum atomic E-state index is -0.359. The standard InChI is InChI=1S/C8H15N3O2/c9-8(13)5-1-2-11(5)6-3-10-4-7(6)12/h5-7,10,12H,1-4H2,(H2,9,13)/t5?,6-,7-/m1/s1. The number of nitrogens with zero attached hydrogens (tertiary/aromatic N) is 1. The van der Waals surface area contributed by atoms with E-state index in [1.165, 1.54) is 0 Å². The monoisotopic (exact) mass is 185 g/mol. The van der Waals surface area contributed by atoms with E-state index in [1.54, 1.807) is 0 Å². The van der Waals surface area contributed by atoms with Crippen molar-refractivity contribution in [1.29, 1.82) is 0 Å². The van der Waals surface area contributed by atoms with Gasteiger partial charge in [0, 0.05) is 19.6 Å². The highest BCUT2D eigenvalue weighted by Gasteiger charge is 2.41. The molecule has 0 radical (unpaired) electrons. The van der Waals surface area contributed by atoms with Gasteiger partial charge in [-0.15, -0.1) is 0 Å². The van der Waals surface area contributed by atoms with E-state index in [0.29, 0.717) is 6.54 Å². The lowest BCUT2D eigenvalue weighted by Gasteiger charge is -2.43. The van der Waals surface area contributed by atoms with E-state index in [9.17, 15) is 9.90 Å². The lowest BCUT2D eigenvalue weighted by molar-refractivity contribution is -0.130. The first-order chi connectivity index (χ1) is 6.20. The highest BCUT2D eigenvalue weighted by Crippen LogP contribution is 2.23. The molecule has 2 aliphatic heterocycles. The van der Waals surface area contributed by atoms with Crippen LogP contribution in [-0.4, -0.2) is 53.7 Å². The normalized spacial score (nSPS) is 40.2. The van der Waals surface area contributed by atoms with E-state index in [1.807, 2.05) is 4.90 Å². The van der Waals surface area contributed by atoms with Crippen LogP contribution in [0.15, 0.2) is 0 Å². The first-order valence-corrected chi connectivity index (χ1v) is 4.64. The van der Waals surface area contributed by atoms with Crippen LogP contribution < -0.4 is 11.1 Å². The molecule has 1 unspecified atom stereocenters. The molecule has 5 heteroatoms. The molecule has 2 saturated heterocycles. The third kappa shape index (κ3) is 1.43. The molecule has 2 aliphatic rings. The Labute approximate surface area is 76.9 Å². The Hall–Kier alpha value is -0.650. The highest BCUT2D eigenvalue weighted by molar-refractivity contribution is 5.80. The van der Waals surface area contributed by atoms with Crippen molar-refractivity contribution in [3.8, 4) is 0 Å². The smallest absolute Gasteiger partial charge is 0.234 e. The molecule has 0 spiro atoms. The summed E-state index contributed by atoms with van der Waals surface area (Å²) in [4.78, 5) is 12.9. The Morgan fingerprint density at radius 3 is 2.69 bits per heavy atom. The molecule has 74 valence electrons. The summed E-state index contributed by atoms with van der Waals surface area (Å²) in [5, 5.41) is 12.7. The molecule has 13 heavy (non-hydrogen) atoms. The summed E-state index contributed by atoms with van der Waals surface area (Å²) in [7, 11) is 0. The minimum Gasteiger partial charge on any atom is -0.390 e. The van der Waals surface area contributed by atoms with E-state index in [4.69, 9.17) is 5.73 Å². The Morgan fingerprint density at radius 2 is 2.31 bits per heavy atom. The van der Waals surface area contributed by atoms with Crippen molar-refractivity contribution >= 4 is 5.91 Å². The number of rotatable bonds is 2. The average Bonchev–Trinajstić information content (AvgIpc) is 2.33. The number of likely N-dealkylation sites (tertiary alicyclic amines) is 1. The molecule has 0 aliphatic carbocycles. The first kappa shape index (κ1) is 8.93. The number of aliphatic hydroxyl groups is 1. The molecule has 0 saturated carbocycles. The van der Waals surface area contributed by atoms with Crippen LogP contribution in [0.2, 0.25) is 0 Å². The second kappa shape index (κ2) is 3.25. The fourth-order valence-electron chi connectivity index (χ4n) is 2.10. The van der Waals surface area contributed by atoms with Crippen LogP contribution in [0.4, 0.5) is 0 Å². The van der Waals surface area contributed by atoms with Gasteiger partial charge in [-0.05, 0) is 6.42 Å². The van der Waals surface area contributed by atoms with E-state index in [-0.39, 0.29) is 24.1 Å². The van der Waals surface area contributed by atoms with Crippen molar-refractivity contribution in [2.45, 2.75) is 24.6 Å². The van der Waals surface area contributed by atoms with Gasteiger partial charge in [0.15, 0.2) is 0 Å². The van der Waals surface area contributed by atoms with Crippen LogP contribution in [0.1, 0.15) is 6.42 Å². The van der Waals surface area contributed by atoms with Crippen LogP contribution in [-0.2, 0) is 4.79 Å². The van der Waals surface area contributed by atoms with Gasteiger partial charge in [0.2, 0.25) is 5.91 Å². The molecule has 2 heterocycles. The topological polar surface area (TPSA) is 78.6 Å². The van der Waals surface area contributed by atoms with Gasteiger partial charge in [-0.2, -0.15) is 0 Å². The van der Waals surface area contributed by atoms with E-state index >= 15 is 0 Å². The Morgan fingerprint density at radius 1 is 1.54 bits per heavy atom. The van der Waals surface area contributed by atoms with E-state index < -0.39 is 0 Å². The molecule has 0 aromatic rings.